The van der Waals surface area contributed by atoms with Crippen LogP contribution in [-0.2, 0) is 185 Å². The van der Waals surface area contributed by atoms with Gasteiger partial charge in [0.2, 0.25) is 0 Å². The largest absolute Gasteiger partial charge is 2.00 e. The minimum atomic E-state index is -1.75. The van der Waals surface area contributed by atoms with Crippen LogP contribution in [0.2, 0.25) is 0 Å². The Morgan fingerprint density at radius 1 is 0.0534 bits per heavy atom. The number of rotatable bonds is 0. The molecule has 0 amide bonds. The summed E-state index contributed by atoms with van der Waals surface area (Å²) in [6, 6.07) is 0. The Morgan fingerprint density at radius 2 is 0.0534 bits per heavy atom. The van der Waals surface area contributed by atoms with Crippen LogP contribution in [0.4, 0.5) is 0 Å². The van der Waals surface area contributed by atoms with E-state index in [0.717, 1.165) is 0 Å². The maximum atomic E-state index is 8.25. The quantitative estimate of drug-likeness (QED) is 0.161. The zero-order chi connectivity index (χ0) is 107. The molecule has 0 aliphatic heterocycles. The van der Waals surface area contributed by atoms with Crippen molar-refractivity contribution in [2.45, 2.75) is 0 Å². The standard InChI is InChI=1S/11Co.30NO3/c;;;;;;;;;;;30*2-1(3)4/q11*+2;30*-1. The van der Waals surface area contributed by atoms with Crippen LogP contribution in [0.15, 0.2) is 0 Å². The fourth-order valence-corrected chi connectivity index (χ4v) is 0. The van der Waals surface area contributed by atoms with Gasteiger partial charge in [-0.15, -0.1) is 0 Å². The predicted molar refractivity (Wildman–Crippen MR) is 311 cm³/mol. The van der Waals surface area contributed by atoms with Crippen LogP contribution in [0, 0.1) is 460 Å². The van der Waals surface area contributed by atoms with E-state index in [1.165, 1.54) is 0 Å². The predicted octanol–water partition coefficient (Wildman–Crippen LogP) is -7.20. The molecule has 0 saturated carbocycles. The molecule has 0 unspecified atom stereocenters. The van der Waals surface area contributed by atoms with Crippen molar-refractivity contribution >= 4 is 0 Å². The van der Waals surface area contributed by atoms with Gasteiger partial charge in [-0.2, -0.15) is 0 Å². The summed E-state index contributed by atoms with van der Waals surface area (Å²) < 4.78 is 0. The van der Waals surface area contributed by atoms with Crippen LogP contribution in [0.1, 0.15) is 0 Å². The van der Waals surface area contributed by atoms with Gasteiger partial charge in [-0.05, 0) is 0 Å². The van der Waals surface area contributed by atoms with Crippen LogP contribution in [-0.4, -0.2) is 153 Å². The van der Waals surface area contributed by atoms with Crippen LogP contribution >= 0.6 is 0 Å². The molecule has 0 aliphatic rings. The summed E-state index contributed by atoms with van der Waals surface area (Å²) in [5.41, 5.74) is 0. The van der Waals surface area contributed by atoms with Crippen molar-refractivity contribution in [2.24, 2.45) is 0 Å². The van der Waals surface area contributed by atoms with E-state index >= 15 is 0 Å². The molecule has 0 aromatic heterocycles. The van der Waals surface area contributed by atoms with Gasteiger partial charge in [0.1, 0.15) is 0 Å². The van der Waals surface area contributed by atoms with E-state index in [1.807, 2.05) is 0 Å². The van der Waals surface area contributed by atoms with Crippen LogP contribution < -0.4 is 0 Å². The maximum absolute atomic E-state index is 8.25. The SMILES string of the molecule is O=[N+]([O-])[O-].O=[N+]([O-])[O-].O=[N+]([O-])[O-].O=[N+]([O-])[O-].O=[N+]([O-])[O-].O=[N+]([O-])[O-].O=[N+]([O-])[O-].O=[N+]([O-])[O-].O=[N+]([O-])[O-].O=[N+]([O-])[O-].O=[N+]([O-])[O-].O=[N+]([O-])[O-].O=[N+]([O-])[O-].O=[N+]([O-])[O-].O=[N+]([O-])[O-].O=[N+]([O-])[O-].O=[N+]([O-])[O-].O=[N+]([O-])[O-].O=[N+]([O-])[O-].O=[N+]([O-])[O-].O=[N+]([O-])[O-].O=[N+]([O-])[O-].O=[N+]([O-])[O-].O=[N+]([O-])[O-].O=[N+]([O-])[O-].O=[N+]([O-])[O-].O=[N+]([O-])[O-].O=[N+]([O-])[O-].O=[N+]([O-])[O-].O=[N+]([O-])[O-].[Co+2].[Co+2].[Co+2].[Co+2].[Co+2].[Co+2].[Co+2].[Co+2].[Co+2].[Co+2].[Co+2]. The zero-order valence-electron chi connectivity index (χ0n) is 53.8. The summed E-state index contributed by atoms with van der Waals surface area (Å²) in [7, 11) is 0. The van der Waals surface area contributed by atoms with Gasteiger partial charge < -0.3 is 460 Å². The summed E-state index contributed by atoms with van der Waals surface area (Å²) >= 11 is 0. The van der Waals surface area contributed by atoms with E-state index in [9.17, 15) is 0 Å². The molecule has 0 aliphatic carbocycles. The van der Waals surface area contributed by atoms with Crippen molar-refractivity contribution in [3.63, 3.8) is 0 Å². The van der Waals surface area contributed by atoms with E-state index < -0.39 is 153 Å². The molecule has 131 heteroatoms. The Labute approximate surface area is 793 Å². The van der Waals surface area contributed by atoms with Gasteiger partial charge >= 0.3 is 185 Å². The molecule has 0 spiro atoms. The average molecular weight is 2510 g/mol. The van der Waals surface area contributed by atoms with Crippen molar-refractivity contribution in [3.05, 3.63) is 460 Å². The molecule has 0 heterocycles. The first-order valence-electron chi connectivity index (χ1n) is 16.4. The zero-order valence-corrected chi connectivity index (χ0v) is 65.3. The number of nitrogens with zero attached hydrogens (tertiary/aromatic N) is 30. The number of hydrogen-bond acceptors (Lipinski definition) is 90. The molecule has 797 valence electrons. The second kappa shape index (κ2) is 266. The molecule has 0 fully saturated rings. The van der Waals surface area contributed by atoms with Crippen molar-refractivity contribution < 1.29 is 337 Å². The monoisotopic (exact) mass is 2510 g/mol. The molecule has 0 N–H and O–H groups in total. The summed E-state index contributed by atoms with van der Waals surface area (Å²) in [5.74, 6) is 0. The van der Waals surface area contributed by atoms with Crippen LogP contribution in [0.3, 0.4) is 0 Å². The fourth-order valence-electron chi connectivity index (χ4n) is 0. The Bertz CT molecular complexity index is 1730. The third kappa shape index (κ3) is 3940. The van der Waals surface area contributed by atoms with Gasteiger partial charge in [0.25, 0.3) is 0 Å². The molecule has 120 nitrogen and oxygen atoms in total. The van der Waals surface area contributed by atoms with E-state index in [-0.39, 0.29) is 185 Å². The molecule has 11 radical (unpaired) electrons. The first-order valence-corrected chi connectivity index (χ1v) is 16.4. The molecule has 131 heavy (non-hydrogen) atoms. The van der Waals surface area contributed by atoms with E-state index in [2.05, 4.69) is 0 Å². The van der Waals surface area contributed by atoms with Crippen molar-refractivity contribution in [2.75, 3.05) is 0 Å². The first-order chi connectivity index (χ1) is 52.0. The van der Waals surface area contributed by atoms with Crippen molar-refractivity contribution in [1.82, 2.24) is 0 Å². The normalized spacial score (nSPS) is 5.50. The van der Waals surface area contributed by atoms with Crippen molar-refractivity contribution in [3.8, 4) is 0 Å². The first kappa shape index (κ1) is 274. The third-order valence-electron chi connectivity index (χ3n) is 0. The minimum Gasteiger partial charge on any atom is -0.356 e. The second-order valence-electron chi connectivity index (χ2n) is 6.71. The summed E-state index contributed by atoms with van der Waals surface area (Å²) in [6.45, 7) is 0. The summed E-state index contributed by atoms with van der Waals surface area (Å²) in [6.07, 6.45) is 0. The van der Waals surface area contributed by atoms with Gasteiger partial charge in [-0.3, -0.25) is 0 Å². The average Bonchev–Trinajstić information content (AvgIpc) is 3.29. The van der Waals surface area contributed by atoms with Gasteiger partial charge in [0, 0.05) is 0 Å². The minimum absolute atomic E-state index is 0. The van der Waals surface area contributed by atoms with Crippen molar-refractivity contribution in [1.29, 1.82) is 0 Å². The van der Waals surface area contributed by atoms with E-state index in [4.69, 9.17) is 460 Å². The van der Waals surface area contributed by atoms with Crippen LogP contribution in [0.5, 0.6) is 0 Å². The smallest absolute Gasteiger partial charge is 0.356 e. The van der Waals surface area contributed by atoms with Gasteiger partial charge in [-0.25, -0.2) is 0 Å². The molecule has 0 aromatic rings. The van der Waals surface area contributed by atoms with Crippen LogP contribution in [0.25, 0.3) is 0 Å². The van der Waals surface area contributed by atoms with Gasteiger partial charge in [0.15, 0.2) is 0 Å². The Balaban J connectivity index is -0.0000000164. The Morgan fingerprint density at radius 3 is 0.0534 bits per heavy atom. The van der Waals surface area contributed by atoms with Gasteiger partial charge in [-0.1, -0.05) is 0 Å². The Kier molecular flexibility index (Phi) is 556. The maximum Gasteiger partial charge on any atom is 2.00 e. The van der Waals surface area contributed by atoms with E-state index in [1.54, 1.807) is 0 Å². The molecule has 0 rings (SSSR count). The van der Waals surface area contributed by atoms with Gasteiger partial charge in [0.05, 0.1) is 153 Å². The molecule has 0 aromatic carbocycles. The summed E-state index contributed by atoms with van der Waals surface area (Å²) in [5, 5.41) is 442. The second-order valence-corrected chi connectivity index (χ2v) is 6.71. The molecular weight excluding hydrogens is 2510 g/mol. The topological polar surface area (TPSA) is 1990 Å². The Hall–Kier alpha value is -18.4. The molecule has 0 bridgehead atoms. The number of hydrogen-bond donors (Lipinski definition) is 0. The van der Waals surface area contributed by atoms with E-state index in [0.29, 0.717) is 0 Å². The molecule has 0 atom stereocenters. The third-order valence-corrected chi connectivity index (χ3v) is 0. The summed E-state index contributed by atoms with van der Waals surface area (Å²) in [4.78, 5) is 248. The molecular formula is Co11N30O90-8. The fraction of sp³-hybridized carbons (Fsp3) is 0. The molecule has 0 saturated heterocycles.